The van der Waals surface area contributed by atoms with Gasteiger partial charge in [-0.15, -0.1) is 0 Å². The Morgan fingerprint density at radius 3 is 2.58 bits per heavy atom. The molecule has 6 heteroatoms. The normalized spacial score (nSPS) is 15.3. The van der Waals surface area contributed by atoms with Gasteiger partial charge in [-0.1, -0.05) is 18.2 Å². The predicted molar refractivity (Wildman–Crippen MR) is 100 cm³/mol. The highest BCUT2D eigenvalue weighted by molar-refractivity contribution is 9.10. The molecule has 1 N–H and O–H groups in total. The zero-order valence-electron chi connectivity index (χ0n) is 13.7. The maximum atomic E-state index is 12.1. The van der Waals surface area contributed by atoms with Crippen LogP contribution in [0.3, 0.4) is 0 Å². The standard InChI is InChI=1S/C18H21BrN4O/c1-14-11-15(19)12-20-18(14)23-9-7-22(8-10-23)13-17(24)21-16-5-3-2-4-6-16/h2-6,11-12H,7-10,13H2,1H3,(H,21,24). The van der Waals surface area contributed by atoms with Gasteiger partial charge < -0.3 is 10.2 Å². The van der Waals surface area contributed by atoms with E-state index in [1.54, 1.807) is 0 Å². The number of pyridine rings is 1. The summed E-state index contributed by atoms with van der Waals surface area (Å²) >= 11 is 3.45. The van der Waals surface area contributed by atoms with Gasteiger partial charge in [0.05, 0.1) is 6.54 Å². The average molecular weight is 389 g/mol. The molecule has 5 nitrogen and oxygen atoms in total. The second-order valence-corrected chi connectivity index (χ2v) is 6.89. The van der Waals surface area contributed by atoms with Crippen LogP contribution in [0.5, 0.6) is 0 Å². The fourth-order valence-corrected chi connectivity index (χ4v) is 3.35. The number of carbonyl (C=O) groups is 1. The van der Waals surface area contributed by atoms with E-state index in [1.165, 1.54) is 5.56 Å². The molecule has 126 valence electrons. The van der Waals surface area contributed by atoms with Crippen LogP contribution in [0.2, 0.25) is 0 Å². The molecule has 0 aliphatic carbocycles. The molecule has 1 amide bonds. The first-order valence-electron chi connectivity index (χ1n) is 8.06. The molecular weight excluding hydrogens is 368 g/mol. The fourth-order valence-electron chi connectivity index (χ4n) is 2.91. The van der Waals surface area contributed by atoms with Crippen LogP contribution in [0, 0.1) is 6.92 Å². The zero-order chi connectivity index (χ0) is 16.9. The molecule has 1 aliphatic rings. The third-order valence-electron chi connectivity index (χ3n) is 4.11. The quantitative estimate of drug-likeness (QED) is 0.874. The predicted octanol–water partition coefficient (Wildman–Crippen LogP) is 2.91. The smallest absolute Gasteiger partial charge is 0.238 e. The summed E-state index contributed by atoms with van der Waals surface area (Å²) in [5, 5.41) is 2.94. The molecule has 0 radical (unpaired) electrons. The van der Waals surface area contributed by atoms with E-state index in [4.69, 9.17) is 0 Å². The van der Waals surface area contributed by atoms with Crippen LogP contribution >= 0.6 is 15.9 Å². The first-order valence-corrected chi connectivity index (χ1v) is 8.85. The van der Waals surface area contributed by atoms with E-state index in [0.29, 0.717) is 6.54 Å². The van der Waals surface area contributed by atoms with Gasteiger partial charge >= 0.3 is 0 Å². The zero-order valence-corrected chi connectivity index (χ0v) is 15.3. The number of benzene rings is 1. The lowest BCUT2D eigenvalue weighted by Gasteiger charge is -2.35. The maximum absolute atomic E-state index is 12.1. The summed E-state index contributed by atoms with van der Waals surface area (Å²) in [4.78, 5) is 21.1. The first-order chi connectivity index (χ1) is 11.6. The van der Waals surface area contributed by atoms with Gasteiger partial charge in [-0.05, 0) is 46.6 Å². The molecule has 2 heterocycles. The van der Waals surface area contributed by atoms with Gasteiger partial charge in [-0.25, -0.2) is 4.98 Å². The van der Waals surface area contributed by atoms with Gasteiger partial charge in [0.15, 0.2) is 0 Å². The Bertz CT molecular complexity index is 699. The Hall–Kier alpha value is -1.92. The number of hydrogen-bond donors (Lipinski definition) is 1. The minimum absolute atomic E-state index is 0.0348. The Labute approximate surface area is 150 Å². The molecule has 1 saturated heterocycles. The molecule has 0 atom stereocenters. The lowest BCUT2D eigenvalue weighted by Crippen LogP contribution is -2.49. The molecular formula is C18H21BrN4O. The number of anilines is 2. The summed E-state index contributed by atoms with van der Waals surface area (Å²) in [6.07, 6.45) is 1.84. The molecule has 1 aromatic carbocycles. The van der Waals surface area contributed by atoms with Crippen molar-refractivity contribution in [3.8, 4) is 0 Å². The number of aromatic nitrogens is 1. The molecule has 3 rings (SSSR count). The van der Waals surface area contributed by atoms with Gasteiger partial charge in [0.1, 0.15) is 5.82 Å². The van der Waals surface area contributed by atoms with Crippen LogP contribution in [0.4, 0.5) is 11.5 Å². The monoisotopic (exact) mass is 388 g/mol. The first kappa shape index (κ1) is 16.9. The Balaban J connectivity index is 1.51. The van der Waals surface area contributed by atoms with Gasteiger partial charge in [-0.3, -0.25) is 9.69 Å². The van der Waals surface area contributed by atoms with Gasteiger partial charge in [0.2, 0.25) is 5.91 Å². The molecule has 2 aromatic rings. The highest BCUT2D eigenvalue weighted by Gasteiger charge is 2.21. The van der Waals surface area contributed by atoms with Crippen LogP contribution in [0.15, 0.2) is 47.1 Å². The van der Waals surface area contributed by atoms with Crippen molar-refractivity contribution in [2.45, 2.75) is 6.92 Å². The van der Waals surface area contributed by atoms with Crippen LogP contribution in [0.25, 0.3) is 0 Å². The van der Waals surface area contributed by atoms with Crippen LogP contribution in [0.1, 0.15) is 5.56 Å². The minimum Gasteiger partial charge on any atom is -0.354 e. The summed E-state index contributed by atoms with van der Waals surface area (Å²) < 4.78 is 1.000. The summed E-state index contributed by atoms with van der Waals surface area (Å²) in [6.45, 7) is 5.99. The second kappa shape index (κ2) is 7.77. The summed E-state index contributed by atoms with van der Waals surface area (Å²) in [5.41, 5.74) is 2.01. The number of rotatable bonds is 4. The van der Waals surface area contributed by atoms with Crippen molar-refractivity contribution in [2.24, 2.45) is 0 Å². The molecule has 0 bridgehead atoms. The van der Waals surface area contributed by atoms with Crippen LogP contribution in [-0.4, -0.2) is 48.5 Å². The van der Waals surface area contributed by atoms with E-state index in [9.17, 15) is 4.79 Å². The van der Waals surface area contributed by atoms with E-state index in [0.717, 1.165) is 42.2 Å². The third-order valence-corrected chi connectivity index (χ3v) is 4.55. The lowest BCUT2D eigenvalue weighted by atomic mass is 10.2. The molecule has 1 fully saturated rings. The molecule has 0 spiro atoms. The highest BCUT2D eigenvalue weighted by atomic mass is 79.9. The maximum Gasteiger partial charge on any atom is 0.238 e. The van der Waals surface area contributed by atoms with Crippen LogP contribution in [-0.2, 0) is 4.79 Å². The van der Waals surface area contributed by atoms with Crippen molar-refractivity contribution in [3.63, 3.8) is 0 Å². The number of amides is 1. The SMILES string of the molecule is Cc1cc(Br)cnc1N1CCN(CC(=O)Nc2ccccc2)CC1. The number of hydrogen-bond acceptors (Lipinski definition) is 4. The minimum atomic E-state index is 0.0348. The second-order valence-electron chi connectivity index (χ2n) is 5.97. The van der Waals surface area contributed by atoms with Crippen molar-refractivity contribution in [1.82, 2.24) is 9.88 Å². The fraction of sp³-hybridized carbons (Fsp3) is 0.333. The molecule has 24 heavy (non-hydrogen) atoms. The third kappa shape index (κ3) is 4.33. The van der Waals surface area contributed by atoms with Crippen molar-refractivity contribution < 1.29 is 4.79 Å². The molecule has 1 aliphatic heterocycles. The lowest BCUT2D eigenvalue weighted by molar-refractivity contribution is -0.117. The van der Waals surface area contributed by atoms with E-state index in [2.05, 4.69) is 49.0 Å². The van der Waals surface area contributed by atoms with Crippen molar-refractivity contribution in [2.75, 3.05) is 42.9 Å². The van der Waals surface area contributed by atoms with E-state index in [-0.39, 0.29) is 5.91 Å². The number of nitrogens with zero attached hydrogens (tertiary/aromatic N) is 3. The Morgan fingerprint density at radius 2 is 1.92 bits per heavy atom. The summed E-state index contributed by atoms with van der Waals surface area (Å²) in [6, 6.07) is 11.7. The Morgan fingerprint density at radius 1 is 1.21 bits per heavy atom. The largest absolute Gasteiger partial charge is 0.354 e. The highest BCUT2D eigenvalue weighted by Crippen LogP contribution is 2.21. The van der Waals surface area contributed by atoms with E-state index >= 15 is 0 Å². The number of carbonyl (C=O) groups excluding carboxylic acids is 1. The van der Waals surface area contributed by atoms with Crippen LogP contribution < -0.4 is 10.2 Å². The van der Waals surface area contributed by atoms with Gasteiger partial charge in [-0.2, -0.15) is 0 Å². The Kier molecular flexibility index (Phi) is 5.48. The number of halogens is 1. The summed E-state index contributed by atoms with van der Waals surface area (Å²) in [7, 11) is 0. The molecule has 1 aromatic heterocycles. The number of nitrogens with one attached hydrogen (secondary N) is 1. The van der Waals surface area contributed by atoms with Crippen molar-refractivity contribution >= 4 is 33.3 Å². The number of piperazine rings is 1. The number of aryl methyl sites for hydroxylation is 1. The topological polar surface area (TPSA) is 48.5 Å². The van der Waals surface area contributed by atoms with Gasteiger partial charge in [0, 0.05) is 42.5 Å². The van der Waals surface area contributed by atoms with E-state index < -0.39 is 0 Å². The number of para-hydroxylation sites is 1. The average Bonchev–Trinajstić information content (AvgIpc) is 2.57. The molecule has 0 unspecified atom stereocenters. The molecule has 0 saturated carbocycles. The van der Waals surface area contributed by atoms with Crippen molar-refractivity contribution in [1.29, 1.82) is 0 Å². The van der Waals surface area contributed by atoms with Gasteiger partial charge in [0.25, 0.3) is 0 Å². The van der Waals surface area contributed by atoms with Crippen molar-refractivity contribution in [3.05, 3.63) is 52.6 Å². The summed E-state index contributed by atoms with van der Waals surface area (Å²) in [5.74, 6) is 1.07. The van der Waals surface area contributed by atoms with E-state index in [1.807, 2.05) is 36.5 Å².